The van der Waals surface area contributed by atoms with Crippen molar-refractivity contribution >= 4 is 23.9 Å². The fraction of sp³-hybridized carbons (Fsp3) is 0.357. The Bertz CT molecular complexity index is 654. The van der Waals surface area contributed by atoms with Crippen molar-refractivity contribution in [1.29, 1.82) is 0 Å². The molecule has 0 bridgehead atoms. The van der Waals surface area contributed by atoms with Crippen molar-refractivity contribution in [2.45, 2.75) is 31.6 Å². The van der Waals surface area contributed by atoms with Gasteiger partial charge >= 0.3 is 23.9 Å². The summed E-state index contributed by atoms with van der Waals surface area (Å²) in [4.78, 5) is 47.7. The highest BCUT2D eigenvalue weighted by Crippen LogP contribution is 2.26. The fourth-order valence-corrected chi connectivity index (χ4v) is 2.16. The summed E-state index contributed by atoms with van der Waals surface area (Å²) < 4.78 is 0. The SMILES string of the molecule is Cc1cc(C(CC(=O)O)C(=O)O)cnc1C(CC(=O)O)C(=O)O. The zero-order valence-electron chi connectivity index (χ0n) is 12.1. The first kappa shape index (κ1) is 18.1. The van der Waals surface area contributed by atoms with Crippen LogP contribution in [0.5, 0.6) is 0 Å². The van der Waals surface area contributed by atoms with Crippen molar-refractivity contribution in [3.8, 4) is 0 Å². The Morgan fingerprint density at radius 1 is 0.957 bits per heavy atom. The Labute approximate surface area is 130 Å². The van der Waals surface area contributed by atoms with Crippen LogP contribution in [0.15, 0.2) is 12.3 Å². The van der Waals surface area contributed by atoms with Crippen LogP contribution in [0.4, 0.5) is 0 Å². The second kappa shape index (κ2) is 7.34. The number of nitrogens with zero attached hydrogens (tertiary/aromatic N) is 1. The maximum atomic E-state index is 11.2. The van der Waals surface area contributed by atoms with Crippen LogP contribution < -0.4 is 0 Å². The van der Waals surface area contributed by atoms with Crippen molar-refractivity contribution in [3.05, 3.63) is 29.1 Å². The van der Waals surface area contributed by atoms with Crippen LogP contribution in [0, 0.1) is 6.92 Å². The molecule has 0 saturated heterocycles. The number of carboxylic acid groups (broad SMARTS) is 4. The van der Waals surface area contributed by atoms with E-state index in [9.17, 15) is 19.2 Å². The van der Waals surface area contributed by atoms with Gasteiger partial charge in [-0.3, -0.25) is 24.2 Å². The Balaban J connectivity index is 3.22. The van der Waals surface area contributed by atoms with Gasteiger partial charge in [0.25, 0.3) is 0 Å². The summed E-state index contributed by atoms with van der Waals surface area (Å²) in [6.45, 7) is 1.46. The lowest BCUT2D eigenvalue weighted by Gasteiger charge is -2.15. The Hall–Kier alpha value is -2.97. The molecule has 0 aliphatic rings. The van der Waals surface area contributed by atoms with E-state index in [2.05, 4.69) is 4.98 Å². The van der Waals surface area contributed by atoms with E-state index in [4.69, 9.17) is 20.4 Å². The van der Waals surface area contributed by atoms with Crippen LogP contribution >= 0.6 is 0 Å². The number of aliphatic carboxylic acids is 4. The molecule has 0 radical (unpaired) electrons. The molecule has 1 heterocycles. The molecule has 124 valence electrons. The zero-order chi connectivity index (χ0) is 17.7. The van der Waals surface area contributed by atoms with E-state index in [1.165, 1.54) is 13.0 Å². The predicted molar refractivity (Wildman–Crippen MR) is 74.2 cm³/mol. The summed E-state index contributed by atoms with van der Waals surface area (Å²) in [6, 6.07) is 1.32. The fourth-order valence-electron chi connectivity index (χ4n) is 2.16. The van der Waals surface area contributed by atoms with E-state index in [-0.39, 0.29) is 16.8 Å². The van der Waals surface area contributed by atoms with Crippen molar-refractivity contribution < 1.29 is 39.6 Å². The molecule has 0 amide bonds. The van der Waals surface area contributed by atoms with Crippen molar-refractivity contribution in [2.24, 2.45) is 0 Å². The highest BCUT2D eigenvalue weighted by Gasteiger charge is 2.28. The van der Waals surface area contributed by atoms with Crippen LogP contribution in [0.3, 0.4) is 0 Å². The van der Waals surface area contributed by atoms with Crippen molar-refractivity contribution in [1.82, 2.24) is 4.98 Å². The number of aromatic nitrogens is 1. The zero-order valence-corrected chi connectivity index (χ0v) is 12.1. The topological polar surface area (TPSA) is 162 Å². The lowest BCUT2D eigenvalue weighted by molar-refractivity contribution is -0.145. The van der Waals surface area contributed by atoms with E-state index in [0.29, 0.717) is 0 Å². The Kier molecular flexibility index (Phi) is 5.77. The quantitative estimate of drug-likeness (QED) is 0.538. The van der Waals surface area contributed by atoms with Crippen LogP contribution in [0.25, 0.3) is 0 Å². The lowest BCUT2D eigenvalue weighted by Crippen LogP contribution is -2.20. The summed E-state index contributed by atoms with van der Waals surface area (Å²) in [6.07, 6.45) is -0.241. The molecule has 1 aromatic rings. The molecular formula is C14H15NO8. The van der Waals surface area contributed by atoms with E-state index >= 15 is 0 Å². The van der Waals surface area contributed by atoms with Gasteiger partial charge in [0.05, 0.1) is 24.5 Å². The van der Waals surface area contributed by atoms with Gasteiger partial charge < -0.3 is 20.4 Å². The first-order valence-corrected chi connectivity index (χ1v) is 6.49. The Morgan fingerprint density at radius 3 is 1.83 bits per heavy atom. The minimum Gasteiger partial charge on any atom is -0.481 e. The summed E-state index contributed by atoms with van der Waals surface area (Å²) >= 11 is 0. The third-order valence-electron chi connectivity index (χ3n) is 3.23. The normalized spacial score (nSPS) is 13.1. The average molecular weight is 325 g/mol. The minimum atomic E-state index is -1.37. The van der Waals surface area contributed by atoms with Crippen LogP contribution in [0.2, 0.25) is 0 Å². The van der Waals surface area contributed by atoms with Gasteiger partial charge in [0.2, 0.25) is 0 Å². The van der Waals surface area contributed by atoms with Crippen molar-refractivity contribution in [3.63, 3.8) is 0 Å². The molecule has 0 spiro atoms. The van der Waals surface area contributed by atoms with E-state index in [1.54, 1.807) is 0 Å². The first-order valence-electron chi connectivity index (χ1n) is 6.49. The molecule has 4 N–H and O–H groups in total. The lowest BCUT2D eigenvalue weighted by atomic mass is 9.92. The maximum absolute atomic E-state index is 11.2. The number of rotatable bonds is 8. The van der Waals surface area contributed by atoms with E-state index < -0.39 is 48.6 Å². The minimum absolute atomic E-state index is 0.00288. The van der Waals surface area contributed by atoms with E-state index in [1.807, 2.05) is 0 Å². The standard InChI is InChI=1S/C14H15NO8/c1-6-2-7(8(13(20)21)3-10(16)17)5-15-12(6)9(14(22)23)4-11(18)19/h2,5,8-9H,3-4H2,1H3,(H,16,17)(H,18,19)(H,20,21)(H,22,23). The van der Waals surface area contributed by atoms with Crippen LogP contribution in [-0.4, -0.2) is 49.3 Å². The van der Waals surface area contributed by atoms with Gasteiger partial charge in [0.15, 0.2) is 0 Å². The molecular weight excluding hydrogens is 310 g/mol. The summed E-state index contributed by atoms with van der Waals surface area (Å²) in [5, 5.41) is 35.7. The number of aryl methyl sites for hydroxylation is 1. The van der Waals surface area contributed by atoms with Gasteiger partial charge in [-0.15, -0.1) is 0 Å². The molecule has 2 atom stereocenters. The van der Waals surface area contributed by atoms with Crippen LogP contribution in [-0.2, 0) is 19.2 Å². The maximum Gasteiger partial charge on any atom is 0.313 e. The summed E-state index contributed by atoms with van der Waals surface area (Å²) in [7, 11) is 0. The number of hydrogen-bond donors (Lipinski definition) is 4. The Morgan fingerprint density at radius 2 is 1.43 bits per heavy atom. The summed E-state index contributed by atoms with van der Waals surface area (Å²) in [5.41, 5.74) is 0.400. The second-order valence-electron chi connectivity index (χ2n) is 4.95. The van der Waals surface area contributed by atoms with Crippen LogP contribution in [0.1, 0.15) is 41.5 Å². The van der Waals surface area contributed by atoms with Gasteiger partial charge in [-0.1, -0.05) is 6.07 Å². The molecule has 0 aliphatic carbocycles. The number of carbonyl (C=O) groups is 4. The molecule has 0 aromatic carbocycles. The molecule has 0 fully saturated rings. The molecule has 0 saturated carbocycles. The second-order valence-corrected chi connectivity index (χ2v) is 4.95. The van der Waals surface area contributed by atoms with Gasteiger partial charge in [0, 0.05) is 6.20 Å². The third-order valence-corrected chi connectivity index (χ3v) is 3.23. The molecule has 0 aliphatic heterocycles. The largest absolute Gasteiger partial charge is 0.481 e. The van der Waals surface area contributed by atoms with Crippen molar-refractivity contribution in [2.75, 3.05) is 0 Å². The third kappa shape index (κ3) is 4.77. The van der Waals surface area contributed by atoms with E-state index in [0.717, 1.165) is 6.20 Å². The number of pyridine rings is 1. The molecule has 2 unspecified atom stereocenters. The molecule has 9 nitrogen and oxygen atoms in total. The van der Waals surface area contributed by atoms with Gasteiger partial charge in [0.1, 0.15) is 5.92 Å². The number of carboxylic acids is 4. The molecule has 1 rings (SSSR count). The molecule has 9 heteroatoms. The monoisotopic (exact) mass is 325 g/mol. The molecule has 1 aromatic heterocycles. The summed E-state index contributed by atoms with van der Waals surface area (Å²) in [5.74, 6) is -8.01. The van der Waals surface area contributed by atoms with Gasteiger partial charge in [-0.25, -0.2) is 0 Å². The molecule has 23 heavy (non-hydrogen) atoms. The number of hydrogen-bond acceptors (Lipinski definition) is 5. The highest BCUT2D eigenvalue weighted by atomic mass is 16.4. The first-order chi connectivity index (χ1) is 10.6. The predicted octanol–water partition coefficient (Wildman–Crippen LogP) is 0.676. The average Bonchev–Trinajstić information content (AvgIpc) is 2.41. The highest BCUT2D eigenvalue weighted by molar-refractivity contribution is 5.83. The van der Waals surface area contributed by atoms with Gasteiger partial charge in [-0.05, 0) is 18.1 Å². The smallest absolute Gasteiger partial charge is 0.313 e. The van der Waals surface area contributed by atoms with Gasteiger partial charge in [-0.2, -0.15) is 0 Å².